The van der Waals surface area contributed by atoms with E-state index in [1.807, 2.05) is 48.5 Å². The molecular formula is C30H25Cl2NO5S. The van der Waals surface area contributed by atoms with Crippen molar-refractivity contribution in [2.75, 3.05) is 13.2 Å². The maximum Gasteiger partial charge on any atom is 0.306 e. The summed E-state index contributed by atoms with van der Waals surface area (Å²) in [6.07, 6.45) is 1.82. The van der Waals surface area contributed by atoms with Crippen LogP contribution in [0.2, 0.25) is 0 Å². The summed E-state index contributed by atoms with van der Waals surface area (Å²) in [6.45, 7) is -0.0484. The number of carbonyl (C=O) groups is 4. The maximum atomic E-state index is 13.8. The first-order valence-electron chi connectivity index (χ1n) is 12.9. The summed E-state index contributed by atoms with van der Waals surface area (Å²) in [5.74, 6) is -2.88. The molecule has 0 N–H and O–H groups in total. The lowest BCUT2D eigenvalue weighted by Crippen LogP contribution is -2.57. The molecule has 1 aromatic heterocycles. The summed E-state index contributed by atoms with van der Waals surface area (Å²) in [5.41, 5.74) is 3.11. The number of ketones is 1. The van der Waals surface area contributed by atoms with E-state index in [2.05, 4.69) is 0 Å². The minimum atomic E-state index is -1.18. The van der Waals surface area contributed by atoms with Crippen molar-refractivity contribution in [1.29, 1.82) is 0 Å². The van der Waals surface area contributed by atoms with Crippen LogP contribution in [-0.2, 0) is 28.9 Å². The molecule has 1 saturated heterocycles. The van der Waals surface area contributed by atoms with E-state index in [1.165, 1.54) is 16.2 Å². The number of unbranched alkanes of at least 4 members (excludes halogenated alkanes) is 2. The van der Waals surface area contributed by atoms with Crippen LogP contribution in [-0.4, -0.2) is 41.6 Å². The number of rotatable bonds is 9. The van der Waals surface area contributed by atoms with Crippen molar-refractivity contribution in [3.63, 3.8) is 0 Å². The Morgan fingerprint density at radius 2 is 1.33 bits per heavy atom. The van der Waals surface area contributed by atoms with Gasteiger partial charge in [0.1, 0.15) is 9.75 Å². The number of thiophene rings is 1. The molecule has 1 fully saturated rings. The second-order valence-corrected chi connectivity index (χ2v) is 12.3. The van der Waals surface area contributed by atoms with E-state index in [9.17, 15) is 19.2 Å². The minimum absolute atomic E-state index is 0.158. The normalized spacial score (nSPS) is 26.3. The number of halogens is 2. The van der Waals surface area contributed by atoms with Gasteiger partial charge in [0.05, 0.1) is 16.7 Å². The predicted molar refractivity (Wildman–Crippen MR) is 148 cm³/mol. The lowest BCUT2D eigenvalue weighted by atomic mass is 9.54. The molecule has 0 radical (unpaired) electrons. The summed E-state index contributed by atoms with van der Waals surface area (Å²) in [5, 5.41) is 1.79. The van der Waals surface area contributed by atoms with Crippen LogP contribution < -0.4 is 0 Å². The second-order valence-electron chi connectivity index (χ2n) is 10.2. The molecule has 0 spiro atoms. The number of likely N-dealkylation sites (tertiary alicyclic amines) is 1. The number of alkyl halides is 2. The van der Waals surface area contributed by atoms with Crippen molar-refractivity contribution in [2.24, 2.45) is 11.8 Å². The van der Waals surface area contributed by atoms with Gasteiger partial charge in [-0.05, 0) is 46.5 Å². The molecule has 9 heteroatoms. The van der Waals surface area contributed by atoms with Crippen molar-refractivity contribution >= 4 is 58.1 Å². The number of Topliss-reactive ketones (excluding diaryl/α,β-unsaturated/α-hetero) is 1. The van der Waals surface area contributed by atoms with Crippen LogP contribution in [0, 0.1) is 11.8 Å². The summed E-state index contributed by atoms with van der Waals surface area (Å²) < 4.78 is 5.09. The van der Waals surface area contributed by atoms with Crippen LogP contribution in [0.4, 0.5) is 0 Å². The summed E-state index contributed by atoms with van der Waals surface area (Å²) in [4.78, 5) is 51.1. The van der Waals surface area contributed by atoms with E-state index >= 15 is 0 Å². The van der Waals surface area contributed by atoms with Gasteiger partial charge in [-0.25, -0.2) is 0 Å². The lowest BCUT2D eigenvalue weighted by molar-refractivity contribution is -0.143. The molecule has 3 aliphatic carbocycles. The molecule has 200 valence electrons. The van der Waals surface area contributed by atoms with Crippen LogP contribution in [0.1, 0.15) is 57.6 Å². The first-order valence-corrected chi connectivity index (χ1v) is 14.6. The molecule has 2 amide bonds. The van der Waals surface area contributed by atoms with Crippen molar-refractivity contribution in [3.05, 3.63) is 93.2 Å². The van der Waals surface area contributed by atoms with Gasteiger partial charge in [-0.15, -0.1) is 34.5 Å². The van der Waals surface area contributed by atoms with E-state index in [-0.39, 0.29) is 37.2 Å². The zero-order valence-corrected chi connectivity index (χ0v) is 23.2. The highest BCUT2D eigenvalue weighted by molar-refractivity contribution is 7.12. The predicted octanol–water partition coefficient (Wildman–Crippen LogP) is 5.63. The minimum Gasteiger partial charge on any atom is -0.457 e. The number of amides is 2. The quantitative estimate of drug-likeness (QED) is 0.108. The molecule has 3 aromatic rings. The molecule has 39 heavy (non-hydrogen) atoms. The number of hydrogen-bond donors (Lipinski definition) is 0. The zero-order chi connectivity index (χ0) is 27.4. The molecule has 1 aliphatic heterocycles. The molecule has 2 atom stereocenters. The Labute approximate surface area is 239 Å². The van der Waals surface area contributed by atoms with Crippen LogP contribution in [0.3, 0.4) is 0 Å². The van der Waals surface area contributed by atoms with Gasteiger partial charge in [0.15, 0.2) is 6.61 Å². The van der Waals surface area contributed by atoms with Crippen LogP contribution in [0.15, 0.2) is 66.0 Å². The average Bonchev–Trinajstić information content (AvgIpc) is 3.58. The van der Waals surface area contributed by atoms with Crippen molar-refractivity contribution < 1.29 is 23.9 Å². The van der Waals surface area contributed by atoms with Gasteiger partial charge in [-0.3, -0.25) is 24.1 Å². The molecule has 0 saturated carbocycles. The molecule has 2 heterocycles. The van der Waals surface area contributed by atoms with Gasteiger partial charge in [0, 0.05) is 13.0 Å². The van der Waals surface area contributed by atoms with Crippen LogP contribution >= 0.6 is 34.5 Å². The number of benzene rings is 2. The zero-order valence-electron chi connectivity index (χ0n) is 20.9. The lowest BCUT2D eigenvalue weighted by Gasteiger charge is -2.54. The Bertz CT molecular complexity index is 1360. The average molecular weight is 583 g/mol. The largest absolute Gasteiger partial charge is 0.457 e. The number of hydrogen-bond acceptors (Lipinski definition) is 6. The SMILES string of the molecule is O=C(CCCCCN1C(=O)[C@H]2[C@H](C1=O)C1(Cl)c3ccccc3C2(Cl)c2ccccc21)OCC(=O)c1cccs1. The maximum absolute atomic E-state index is 13.8. The molecule has 0 unspecified atom stereocenters. The fraction of sp³-hybridized carbons (Fsp3) is 0.333. The van der Waals surface area contributed by atoms with E-state index in [4.69, 9.17) is 27.9 Å². The fourth-order valence-corrected chi connectivity index (χ4v) is 8.14. The van der Waals surface area contributed by atoms with Crippen LogP contribution in [0.25, 0.3) is 0 Å². The molecule has 2 bridgehead atoms. The van der Waals surface area contributed by atoms with Gasteiger partial charge in [-0.1, -0.05) is 61.0 Å². The molecule has 2 aromatic carbocycles. The van der Waals surface area contributed by atoms with E-state index < -0.39 is 27.6 Å². The van der Waals surface area contributed by atoms with Gasteiger partial charge in [-0.2, -0.15) is 0 Å². The first-order chi connectivity index (χ1) is 18.8. The van der Waals surface area contributed by atoms with Gasteiger partial charge in [0.25, 0.3) is 0 Å². The third-order valence-corrected chi connectivity index (χ3v) is 10.3. The highest BCUT2D eigenvalue weighted by atomic mass is 35.5. The van der Waals surface area contributed by atoms with Crippen molar-refractivity contribution in [2.45, 2.75) is 35.4 Å². The highest BCUT2D eigenvalue weighted by Gasteiger charge is 2.72. The van der Waals surface area contributed by atoms with E-state index in [0.717, 1.165) is 22.3 Å². The number of carbonyl (C=O) groups excluding carboxylic acids is 4. The van der Waals surface area contributed by atoms with Gasteiger partial charge >= 0.3 is 5.97 Å². The number of imide groups is 1. The Morgan fingerprint density at radius 1 is 0.795 bits per heavy atom. The van der Waals surface area contributed by atoms with Crippen molar-refractivity contribution in [1.82, 2.24) is 4.90 Å². The molecular weight excluding hydrogens is 557 g/mol. The Morgan fingerprint density at radius 3 is 1.82 bits per heavy atom. The third-order valence-electron chi connectivity index (χ3n) is 8.10. The molecule has 4 aliphatic rings. The first kappa shape index (κ1) is 26.2. The van der Waals surface area contributed by atoms with Crippen molar-refractivity contribution in [3.8, 4) is 0 Å². The van der Waals surface area contributed by atoms with E-state index in [1.54, 1.807) is 17.5 Å². The van der Waals surface area contributed by atoms with Gasteiger partial charge < -0.3 is 4.74 Å². The number of ether oxygens (including phenoxy) is 1. The number of esters is 1. The second kappa shape index (κ2) is 9.88. The smallest absolute Gasteiger partial charge is 0.306 e. The van der Waals surface area contributed by atoms with E-state index in [0.29, 0.717) is 24.1 Å². The Hall–Kier alpha value is -3.00. The monoisotopic (exact) mass is 581 g/mol. The summed E-state index contributed by atoms with van der Waals surface area (Å²) in [7, 11) is 0. The summed E-state index contributed by atoms with van der Waals surface area (Å²) >= 11 is 16.1. The number of nitrogens with zero attached hydrogens (tertiary/aromatic N) is 1. The third kappa shape index (κ3) is 3.89. The standard InChI is InChI=1S/C30H25Cl2NO5S/c31-29-18-9-3-4-10-19(18)30(32,21-12-6-5-11-20(21)29)26-25(29)27(36)33(28(26)37)15-7-1-2-14-24(35)38-17-22(34)23-13-8-16-39-23/h3-6,8-13,16,25-26H,1-2,7,14-15,17H2/t25-,26-,29?,30?/m1/s1. The Kier molecular flexibility index (Phi) is 6.64. The molecule has 7 rings (SSSR count). The molecule has 6 nitrogen and oxygen atoms in total. The fourth-order valence-electron chi connectivity index (χ4n) is 6.39. The topological polar surface area (TPSA) is 80.8 Å². The Balaban J connectivity index is 1.12. The highest BCUT2D eigenvalue weighted by Crippen LogP contribution is 2.69. The summed E-state index contributed by atoms with van der Waals surface area (Å²) in [6, 6.07) is 18.6. The van der Waals surface area contributed by atoms with Crippen LogP contribution in [0.5, 0.6) is 0 Å². The van der Waals surface area contributed by atoms with Gasteiger partial charge in [0.2, 0.25) is 17.6 Å².